The van der Waals surface area contributed by atoms with Gasteiger partial charge in [-0.2, -0.15) is 0 Å². The molecule has 0 aliphatic carbocycles. The van der Waals surface area contributed by atoms with E-state index in [1.54, 1.807) is 23.1 Å². The first-order valence-corrected chi connectivity index (χ1v) is 9.79. The van der Waals surface area contributed by atoms with Gasteiger partial charge in [-0.15, -0.1) is 0 Å². The molecule has 0 amide bonds. The molecular weight excluding hydrogens is 400 g/mol. The zero-order valence-corrected chi connectivity index (χ0v) is 17.3. The van der Waals surface area contributed by atoms with Crippen molar-refractivity contribution in [1.29, 1.82) is 0 Å². The number of carbonyl (C=O) groups excluding carboxylic acids is 2. The number of hydrogen-bond donors (Lipinski definition) is 0. The summed E-state index contributed by atoms with van der Waals surface area (Å²) in [6.07, 6.45) is 1.48. The summed E-state index contributed by atoms with van der Waals surface area (Å²) in [5.74, 6) is -0.659. The molecule has 0 spiro atoms. The number of methoxy groups -OCH3 is 2. The fourth-order valence-corrected chi connectivity index (χ4v) is 3.48. The predicted molar refractivity (Wildman–Crippen MR) is 112 cm³/mol. The van der Waals surface area contributed by atoms with E-state index in [0.717, 1.165) is 6.42 Å². The van der Waals surface area contributed by atoms with Crippen LogP contribution in [0.1, 0.15) is 11.5 Å². The summed E-state index contributed by atoms with van der Waals surface area (Å²) in [5.41, 5.74) is 3.31. The highest BCUT2D eigenvalue weighted by molar-refractivity contribution is 6.03. The van der Waals surface area contributed by atoms with Crippen molar-refractivity contribution in [2.45, 2.75) is 12.8 Å². The molecule has 160 valence electrons. The minimum absolute atomic E-state index is 0.0382. The third kappa shape index (κ3) is 4.29. The molecule has 0 radical (unpaired) electrons. The van der Waals surface area contributed by atoms with E-state index < -0.39 is 11.9 Å². The first-order valence-electron chi connectivity index (χ1n) is 9.79. The lowest BCUT2D eigenvalue weighted by molar-refractivity contribution is -0.140. The maximum absolute atomic E-state index is 12.4. The zero-order valence-electron chi connectivity index (χ0n) is 17.3. The number of oxazole rings is 1. The maximum atomic E-state index is 12.4. The number of carbonyl (C=O) groups is 2. The highest BCUT2D eigenvalue weighted by Gasteiger charge is 2.32. The lowest BCUT2D eigenvalue weighted by Crippen LogP contribution is -2.38. The van der Waals surface area contributed by atoms with Gasteiger partial charge in [0, 0.05) is 12.1 Å². The molecule has 0 atom stereocenters. The Kier molecular flexibility index (Phi) is 5.99. The van der Waals surface area contributed by atoms with E-state index in [-0.39, 0.29) is 24.6 Å². The van der Waals surface area contributed by atoms with Gasteiger partial charge in [0.25, 0.3) is 0 Å². The van der Waals surface area contributed by atoms with E-state index in [1.807, 2.05) is 18.2 Å². The SMILES string of the molecule is COC(=O)C1=C(C(=O)OC)N(c2ccc3oc(CCc4ccccc4)nc3c2)COC1. The Balaban J connectivity index is 1.63. The molecule has 1 aromatic heterocycles. The quantitative estimate of drug-likeness (QED) is 0.560. The third-order valence-electron chi connectivity index (χ3n) is 5.03. The Labute approximate surface area is 179 Å². The fraction of sp³-hybridized carbons (Fsp3) is 0.261. The first kappa shape index (κ1) is 20.6. The summed E-state index contributed by atoms with van der Waals surface area (Å²) in [6.45, 7) is 0.0403. The average Bonchev–Trinajstić information content (AvgIpc) is 3.24. The van der Waals surface area contributed by atoms with E-state index >= 15 is 0 Å². The van der Waals surface area contributed by atoms with E-state index in [4.69, 9.17) is 18.6 Å². The number of ether oxygens (including phenoxy) is 3. The number of hydrogen-bond acceptors (Lipinski definition) is 8. The summed E-state index contributed by atoms with van der Waals surface area (Å²) >= 11 is 0. The van der Waals surface area contributed by atoms with Crippen LogP contribution in [0.4, 0.5) is 5.69 Å². The first-order chi connectivity index (χ1) is 15.1. The van der Waals surface area contributed by atoms with Crippen molar-refractivity contribution in [3.05, 3.63) is 71.3 Å². The molecule has 0 N–H and O–H groups in total. The highest BCUT2D eigenvalue weighted by Crippen LogP contribution is 2.29. The van der Waals surface area contributed by atoms with Gasteiger partial charge in [0.2, 0.25) is 0 Å². The van der Waals surface area contributed by atoms with Gasteiger partial charge in [-0.3, -0.25) is 0 Å². The van der Waals surface area contributed by atoms with Gasteiger partial charge in [-0.05, 0) is 30.2 Å². The largest absolute Gasteiger partial charge is 0.466 e. The Morgan fingerprint density at radius 1 is 1.03 bits per heavy atom. The second-order valence-electron chi connectivity index (χ2n) is 6.96. The number of anilines is 1. The van der Waals surface area contributed by atoms with Crippen LogP contribution in [0.15, 0.2) is 64.2 Å². The second kappa shape index (κ2) is 9.01. The lowest BCUT2D eigenvalue weighted by Gasteiger charge is -2.31. The third-order valence-corrected chi connectivity index (χ3v) is 5.03. The average molecular weight is 422 g/mol. The van der Waals surface area contributed by atoms with E-state index in [0.29, 0.717) is 29.1 Å². The molecule has 0 unspecified atom stereocenters. The van der Waals surface area contributed by atoms with Gasteiger partial charge in [-0.25, -0.2) is 14.6 Å². The van der Waals surface area contributed by atoms with Crippen LogP contribution in [0, 0.1) is 0 Å². The number of esters is 2. The summed E-state index contributed by atoms with van der Waals surface area (Å²) in [5, 5.41) is 0. The molecule has 8 nitrogen and oxygen atoms in total. The predicted octanol–water partition coefficient (Wildman–Crippen LogP) is 3.01. The van der Waals surface area contributed by atoms with Crippen molar-refractivity contribution in [1.82, 2.24) is 4.98 Å². The smallest absolute Gasteiger partial charge is 0.355 e. The second-order valence-corrected chi connectivity index (χ2v) is 6.96. The van der Waals surface area contributed by atoms with Crippen molar-refractivity contribution >= 4 is 28.7 Å². The summed E-state index contributed by atoms with van der Waals surface area (Å²) < 4.78 is 21.1. The molecule has 2 aromatic carbocycles. The molecule has 3 aromatic rings. The van der Waals surface area contributed by atoms with Crippen molar-refractivity contribution in [2.75, 3.05) is 32.5 Å². The minimum Gasteiger partial charge on any atom is -0.466 e. The van der Waals surface area contributed by atoms with Crippen LogP contribution in [-0.4, -0.2) is 44.5 Å². The topological polar surface area (TPSA) is 91.1 Å². The van der Waals surface area contributed by atoms with Crippen LogP contribution >= 0.6 is 0 Å². The Morgan fingerprint density at radius 2 is 1.81 bits per heavy atom. The highest BCUT2D eigenvalue weighted by atomic mass is 16.5. The molecule has 0 saturated heterocycles. The van der Waals surface area contributed by atoms with E-state index in [9.17, 15) is 9.59 Å². The van der Waals surface area contributed by atoms with Crippen LogP contribution in [0.5, 0.6) is 0 Å². The Bertz CT molecular complexity index is 1140. The summed E-state index contributed by atoms with van der Waals surface area (Å²) in [6, 6.07) is 15.5. The van der Waals surface area contributed by atoms with Crippen LogP contribution in [-0.2, 0) is 36.6 Å². The Morgan fingerprint density at radius 3 is 2.55 bits per heavy atom. The van der Waals surface area contributed by atoms with Gasteiger partial charge in [0.1, 0.15) is 17.9 Å². The Hall–Kier alpha value is -3.65. The monoisotopic (exact) mass is 422 g/mol. The number of aryl methyl sites for hydroxylation is 2. The van der Waals surface area contributed by atoms with Gasteiger partial charge in [0.05, 0.1) is 26.4 Å². The van der Waals surface area contributed by atoms with Crippen molar-refractivity contribution in [2.24, 2.45) is 0 Å². The lowest BCUT2D eigenvalue weighted by atomic mass is 10.1. The van der Waals surface area contributed by atoms with E-state index in [1.165, 1.54) is 19.8 Å². The van der Waals surface area contributed by atoms with Crippen LogP contribution in [0.3, 0.4) is 0 Å². The number of benzene rings is 2. The molecule has 0 saturated carbocycles. The molecular formula is C23H22N2O6. The minimum atomic E-state index is -0.646. The molecule has 4 rings (SSSR count). The number of fused-ring (bicyclic) bond motifs is 1. The summed E-state index contributed by atoms with van der Waals surface area (Å²) in [4.78, 5) is 30.8. The van der Waals surface area contributed by atoms with Crippen molar-refractivity contribution in [3.8, 4) is 0 Å². The van der Waals surface area contributed by atoms with Crippen molar-refractivity contribution < 1.29 is 28.2 Å². The van der Waals surface area contributed by atoms with Crippen LogP contribution in [0.2, 0.25) is 0 Å². The van der Waals surface area contributed by atoms with Gasteiger partial charge in [-0.1, -0.05) is 30.3 Å². The fourth-order valence-electron chi connectivity index (χ4n) is 3.48. The van der Waals surface area contributed by atoms with Crippen LogP contribution < -0.4 is 4.90 Å². The van der Waals surface area contributed by atoms with Gasteiger partial charge < -0.3 is 23.5 Å². The molecule has 8 heteroatoms. The number of rotatable bonds is 6. The molecule has 1 aliphatic heterocycles. The number of nitrogens with zero attached hydrogens (tertiary/aromatic N) is 2. The normalized spacial score (nSPS) is 14.1. The molecule has 0 bridgehead atoms. The van der Waals surface area contributed by atoms with Crippen LogP contribution in [0.25, 0.3) is 11.1 Å². The van der Waals surface area contributed by atoms with Crippen molar-refractivity contribution in [3.63, 3.8) is 0 Å². The van der Waals surface area contributed by atoms with E-state index in [2.05, 4.69) is 17.1 Å². The summed E-state index contributed by atoms with van der Waals surface area (Å²) in [7, 11) is 2.51. The van der Waals surface area contributed by atoms with Gasteiger partial charge in [0.15, 0.2) is 11.5 Å². The maximum Gasteiger partial charge on any atom is 0.355 e. The molecule has 0 fully saturated rings. The standard InChI is InChI=1S/C23H22N2O6/c1-28-22(26)17-13-30-14-25(21(17)23(27)29-2)16-9-10-19-18(12-16)24-20(31-19)11-8-15-6-4-3-5-7-15/h3-7,9-10,12H,8,11,13-14H2,1-2H3. The molecule has 1 aliphatic rings. The molecule has 31 heavy (non-hydrogen) atoms. The van der Waals surface area contributed by atoms with Gasteiger partial charge >= 0.3 is 11.9 Å². The number of aromatic nitrogens is 1. The molecule has 2 heterocycles. The zero-order chi connectivity index (χ0) is 21.8.